The lowest BCUT2D eigenvalue weighted by atomic mass is 9.96. The molecule has 1 heterocycles. The lowest BCUT2D eigenvalue weighted by Gasteiger charge is -2.25. The van der Waals surface area contributed by atoms with E-state index in [0.717, 1.165) is 17.7 Å². The van der Waals surface area contributed by atoms with Crippen molar-refractivity contribution in [1.82, 2.24) is 20.9 Å². The highest BCUT2D eigenvalue weighted by Gasteiger charge is 2.31. The van der Waals surface area contributed by atoms with Gasteiger partial charge < -0.3 is 41.5 Å². The fourth-order valence-corrected chi connectivity index (χ4v) is 5.35. The number of imide groups is 1. The van der Waals surface area contributed by atoms with Gasteiger partial charge in [0, 0.05) is 57.2 Å². The summed E-state index contributed by atoms with van der Waals surface area (Å²) in [6.45, 7) is 2.71. The topological polar surface area (TPSA) is 277 Å². The Hall–Kier alpha value is -4.68. The number of carbonyl (C=O) groups excluding carboxylic acids is 8. The number of nitrogens with one attached hydrogen (secondary N) is 3. The summed E-state index contributed by atoms with van der Waals surface area (Å²) in [7, 11) is 0. The molecule has 6 atom stereocenters. The average molecular weight is 761 g/mol. The summed E-state index contributed by atoms with van der Waals surface area (Å²) in [5.41, 5.74) is 0.745. The number of aliphatic hydroxyl groups excluding tert-OH is 5. The Balaban J connectivity index is 2.07. The first-order valence-electron chi connectivity index (χ1n) is 17.8. The molecule has 17 heteroatoms. The van der Waals surface area contributed by atoms with E-state index in [1.54, 1.807) is 30.3 Å². The number of aliphatic hydroxyl groups is 5. The Bertz CT molecular complexity index is 1480. The van der Waals surface area contributed by atoms with E-state index in [4.69, 9.17) is 5.11 Å². The maximum atomic E-state index is 13.4. The number of nitrogens with zero attached hydrogens (tertiary/aromatic N) is 1. The molecule has 0 spiro atoms. The van der Waals surface area contributed by atoms with E-state index < -0.39 is 97.7 Å². The van der Waals surface area contributed by atoms with Crippen molar-refractivity contribution in [3.8, 4) is 0 Å². The van der Waals surface area contributed by atoms with E-state index in [-0.39, 0.29) is 62.6 Å². The van der Waals surface area contributed by atoms with Gasteiger partial charge in [-0.1, -0.05) is 44.2 Å². The van der Waals surface area contributed by atoms with Crippen LogP contribution in [-0.4, -0.2) is 134 Å². The number of hydrogen-bond acceptors (Lipinski definition) is 13. The first-order valence-corrected chi connectivity index (χ1v) is 17.8. The average Bonchev–Trinajstić information content (AvgIpc) is 3.46. The Morgan fingerprint density at radius 1 is 0.667 bits per heavy atom. The molecule has 0 aliphatic carbocycles. The summed E-state index contributed by atoms with van der Waals surface area (Å²) in [5, 5.41) is 56.1. The van der Waals surface area contributed by atoms with Gasteiger partial charge in [-0.25, -0.2) is 0 Å². The van der Waals surface area contributed by atoms with Gasteiger partial charge in [-0.3, -0.25) is 43.3 Å². The van der Waals surface area contributed by atoms with Gasteiger partial charge in [-0.2, -0.15) is 0 Å². The van der Waals surface area contributed by atoms with Crippen molar-refractivity contribution in [3.05, 3.63) is 48.0 Å². The van der Waals surface area contributed by atoms with Gasteiger partial charge in [0.1, 0.15) is 30.6 Å². The second-order valence-electron chi connectivity index (χ2n) is 13.6. The molecule has 0 saturated heterocycles. The third-order valence-corrected chi connectivity index (χ3v) is 8.59. The van der Waals surface area contributed by atoms with E-state index in [1.165, 1.54) is 0 Å². The number of benzene rings is 1. The van der Waals surface area contributed by atoms with Gasteiger partial charge in [0.15, 0.2) is 11.6 Å². The number of hydrogen-bond donors (Lipinski definition) is 8. The fourth-order valence-electron chi connectivity index (χ4n) is 5.35. The van der Waals surface area contributed by atoms with Crippen LogP contribution in [0.15, 0.2) is 42.5 Å². The number of ketones is 3. The largest absolute Gasteiger partial charge is 0.394 e. The first-order chi connectivity index (χ1) is 25.5. The zero-order chi connectivity index (χ0) is 40.4. The Kier molecular flexibility index (Phi) is 19.5. The third-order valence-electron chi connectivity index (χ3n) is 8.59. The molecule has 0 fully saturated rings. The lowest BCUT2D eigenvalue weighted by Crippen LogP contribution is -2.47. The molecule has 1 aromatic carbocycles. The Morgan fingerprint density at radius 3 is 1.80 bits per heavy atom. The van der Waals surface area contributed by atoms with Crippen molar-refractivity contribution < 1.29 is 63.9 Å². The van der Waals surface area contributed by atoms with Crippen LogP contribution < -0.4 is 16.0 Å². The minimum absolute atomic E-state index is 0.0790. The van der Waals surface area contributed by atoms with E-state index in [0.29, 0.717) is 11.4 Å². The van der Waals surface area contributed by atoms with Crippen molar-refractivity contribution >= 4 is 46.9 Å². The van der Waals surface area contributed by atoms with Crippen molar-refractivity contribution in [2.75, 3.05) is 19.7 Å². The van der Waals surface area contributed by atoms with Gasteiger partial charge in [-0.05, 0) is 30.7 Å². The molecule has 8 N–H and O–H groups in total. The summed E-state index contributed by atoms with van der Waals surface area (Å²) in [6.07, 6.45) is -7.41. The molecule has 0 aromatic heterocycles. The van der Waals surface area contributed by atoms with Crippen LogP contribution in [0.4, 0.5) is 0 Å². The molecule has 0 saturated carbocycles. The molecule has 1 aromatic rings. The summed E-state index contributed by atoms with van der Waals surface area (Å²) < 4.78 is 0. The maximum Gasteiger partial charge on any atom is 0.254 e. The summed E-state index contributed by atoms with van der Waals surface area (Å²) in [5.74, 6) is -4.70. The van der Waals surface area contributed by atoms with E-state index >= 15 is 0 Å². The molecule has 5 amide bonds. The summed E-state index contributed by atoms with van der Waals surface area (Å²) in [4.78, 5) is 102. The molecule has 2 rings (SSSR count). The predicted molar refractivity (Wildman–Crippen MR) is 191 cm³/mol. The molecule has 0 bridgehead atoms. The molecule has 54 heavy (non-hydrogen) atoms. The molecule has 0 unspecified atom stereocenters. The molecule has 0 radical (unpaired) electrons. The smallest absolute Gasteiger partial charge is 0.254 e. The minimum atomic E-state index is -1.88. The number of carbonyl (C=O) groups is 8. The Morgan fingerprint density at radius 2 is 1.20 bits per heavy atom. The van der Waals surface area contributed by atoms with Crippen molar-refractivity contribution in [2.45, 2.75) is 108 Å². The minimum Gasteiger partial charge on any atom is -0.394 e. The van der Waals surface area contributed by atoms with E-state index in [9.17, 15) is 58.8 Å². The third kappa shape index (κ3) is 16.1. The second kappa shape index (κ2) is 23.2. The standard InChI is InChI=1S/C37H52N4O13/c1-22(2)19-38-31(48)14-12-28(45)26(18-23-6-4-3-5-7-23)40-32(49)15-13-27(44)25(39-33(50)20-41-34(51)16-17-35(41)52)10-8-24(43)9-11-29(46)36(53)37(54)30(47)21-42/h3-7,16-17,22,25-26,29-30,36-37,42,46-47,53-54H,8-15,18-21H2,1-2H3,(H,38,48)(H,39,50)(H,40,49)/t25-,26-,29-,30+,36+,37+/m0/s1. The van der Waals surface area contributed by atoms with Gasteiger partial charge in [0.2, 0.25) is 17.7 Å². The van der Waals surface area contributed by atoms with Crippen molar-refractivity contribution in [3.63, 3.8) is 0 Å². The predicted octanol–water partition coefficient (Wildman–Crippen LogP) is -1.84. The first kappa shape index (κ1) is 45.5. The highest BCUT2D eigenvalue weighted by Crippen LogP contribution is 2.14. The van der Waals surface area contributed by atoms with Crippen LogP contribution >= 0.6 is 0 Å². The second-order valence-corrected chi connectivity index (χ2v) is 13.6. The lowest BCUT2D eigenvalue weighted by molar-refractivity contribution is -0.141. The van der Waals surface area contributed by atoms with E-state index in [1.807, 2.05) is 13.8 Å². The quantitative estimate of drug-likeness (QED) is 0.0483. The summed E-state index contributed by atoms with van der Waals surface area (Å²) in [6, 6.07) is 6.51. The molecule has 298 valence electrons. The van der Waals surface area contributed by atoms with Crippen LogP contribution in [0.1, 0.15) is 70.8 Å². The van der Waals surface area contributed by atoms with Crippen LogP contribution in [0.25, 0.3) is 0 Å². The molecule has 1 aliphatic heterocycles. The van der Waals surface area contributed by atoms with Crippen LogP contribution in [0.3, 0.4) is 0 Å². The van der Waals surface area contributed by atoms with Crippen molar-refractivity contribution in [2.24, 2.45) is 5.92 Å². The fraction of sp³-hybridized carbons (Fsp3) is 0.568. The van der Waals surface area contributed by atoms with Crippen LogP contribution in [0, 0.1) is 5.92 Å². The molecule has 17 nitrogen and oxygen atoms in total. The normalized spacial score (nSPS) is 16.0. The Labute approximate surface area is 313 Å². The zero-order valence-corrected chi connectivity index (χ0v) is 30.5. The molecular weight excluding hydrogens is 708 g/mol. The highest BCUT2D eigenvalue weighted by atomic mass is 16.4. The number of Topliss-reactive ketones (excluding diaryl/α,β-unsaturated/α-hetero) is 3. The molecule has 1 aliphatic rings. The number of rotatable bonds is 26. The van der Waals surface area contributed by atoms with Crippen LogP contribution in [-0.2, 0) is 44.8 Å². The van der Waals surface area contributed by atoms with E-state index in [2.05, 4.69) is 16.0 Å². The monoisotopic (exact) mass is 760 g/mol. The zero-order valence-electron chi connectivity index (χ0n) is 30.5. The van der Waals surface area contributed by atoms with Crippen LogP contribution in [0.5, 0.6) is 0 Å². The summed E-state index contributed by atoms with van der Waals surface area (Å²) >= 11 is 0. The highest BCUT2D eigenvalue weighted by molar-refractivity contribution is 6.14. The van der Waals surface area contributed by atoms with Crippen molar-refractivity contribution in [1.29, 1.82) is 0 Å². The van der Waals surface area contributed by atoms with Gasteiger partial charge in [0.25, 0.3) is 11.8 Å². The van der Waals surface area contributed by atoms with Crippen LogP contribution in [0.2, 0.25) is 0 Å². The molecular formula is C37H52N4O13. The van der Waals surface area contributed by atoms with Gasteiger partial charge >= 0.3 is 0 Å². The SMILES string of the molecule is CC(C)CNC(=O)CCC(=O)[C@H](Cc1ccccc1)NC(=O)CCC(=O)[C@H](CCC(=O)CC[C@H](O)[C@@H](O)[C@H](O)[C@H](O)CO)NC(=O)CN1C(=O)C=CC1=O. The number of amides is 5. The van der Waals surface area contributed by atoms with Gasteiger partial charge in [-0.15, -0.1) is 0 Å². The van der Waals surface area contributed by atoms with Gasteiger partial charge in [0.05, 0.1) is 24.8 Å². The maximum absolute atomic E-state index is 13.4.